The molecule has 1 rings (SSSR count). The lowest BCUT2D eigenvalue weighted by Crippen LogP contribution is -2.32. The van der Waals surface area contributed by atoms with Crippen LogP contribution in [0.15, 0.2) is 5.38 Å². The van der Waals surface area contributed by atoms with Crippen LogP contribution < -0.4 is 5.32 Å². The standard InChI is InChI=1S/C10H18N2OS/c1-4-8-7-14-10(12-8)5-9(11-2)6-13-3/h7,9,11H,4-6H2,1-3H3. The van der Waals surface area contributed by atoms with Crippen molar-refractivity contribution in [2.24, 2.45) is 0 Å². The second-order valence-corrected chi connectivity index (χ2v) is 4.17. The van der Waals surface area contributed by atoms with Crippen LogP contribution in [0.2, 0.25) is 0 Å². The molecule has 0 aliphatic rings. The fourth-order valence-corrected chi connectivity index (χ4v) is 2.22. The van der Waals surface area contributed by atoms with E-state index in [9.17, 15) is 0 Å². The Morgan fingerprint density at radius 1 is 1.64 bits per heavy atom. The van der Waals surface area contributed by atoms with E-state index >= 15 is 0 Å². The summed E-state index contributed by atoms with van der Waals surface area (Å²) in [7, 11) is 3.68. The van der Waals surface area contributed by atoms with Crippen LogP contribution in [0, 0.1) is 0 Å². The normalized spacial score (nSPS) is 13.1. The summed E-state index contributed by atoms with van der Waals surface area (Å²) in [6.45, 7) is 2.86. The molecule has 0 saturated heterocycles. The van der Waals surface area contributed by atoms with E-state index in [0.29, 0.717) is 6.04 Å². The van der Waals surface area contributed by atoms with Gasteiger partial charge in [0.05, 0.1) is 17.3 Å². The van der Waals surface area contributed by atoms with Crippen molar-refractivity contribution in [2.45, 2.75) is 25.8 Å². The number of methoxy groups -OCH3 is 1. The molecule has 1 aromatic rings. The quantitative estimate of drug-likeness (QED) is 0.779. The summed E-state index contributed by atoms with van der Waals surface area (Å²) in [6, 6.07) is 0.371. The van der Waals surface area contributed by atoms with Crippen LogP contribution >= 0.6 is 11.3 Å². The topological polar surface area (TPSA) is 34.1 Å². The van der Waals surface area contributed by atoms with Crippen molar-refractivity contribution in [3.63, 3.8) is 0 Å². The van der Waals surface area contributed by atoms with E-state index in [1.54, 1.807) is 18.4 Å². The second-order valence-electron chi connectivity index (χ2n) is 3.23. The van der Waals surface area contributed by atoms with E-state index in [-0.39, 0.29) is 0 Å². The van der Waals surface area contributed by atoms with Gasteiger partial charge in [0.1, 0.15) is 0 Å². The Labute approximate surface area is 89.5 Å². The summed E-state index contributed by atoms with van der Waals surface area (Å²) in [4.78, 5) is 4.52. The zero-order chi connectivity index (χ0) is 10.4. The van der Waals surface area contributed by atoms with Gasteiger partial charge >= 0.3 is 0 Å². The molecule has 0 aromatic carbocycles. The lowest BCUT2D eigenvalue weighted by Gasteiger charge is -2.12. The van der Waals surface area contributed by atoms with Crippen LogP contribution in [0.1, 0.15) is 17.6 Å². The predicted octanol–water partition coefficient (Wildman–Crippen LogP) is 1.48. The third kappa shape index (κ3) is 3.36. The molecule has 1 aromatic heterocycles. The van der Waals surface area contributed by atoms with E-state index in [1.165, 1.54) is 10.7 Å². The summed E-state index contributed by atoms with van der Waals surface area (Å²) in [5.41, 5.74) is 1.19. The van der Waals surface area contributed by atoms with Crippen molar-refractivity contribution in [1.29, 1.82) is 0 Å². The smallest absolute Gasteiger partial charge is 0.0944 e. The fraction of sp³-hybridized carbons (Fsp3) is 0.700. The minimum atomic E-state index is 0.371. The highest BCUT2D eigenvalue weighted by Gasteiger charge is 2.09. The van der Waals surface area contributed by atoms with Gasteiger partial charge in [0.25, 0.3) is 0 Å². The molecule has 1 heterocycles. The number of hydrogen-bond acceptors (Lipinski definition) is 4. The molecule has 1 atom stereocenters. The van der Waals surface area contributed by atoms with Crippen LogP contribution in [-0.2, 0) is 17.6 Å². The highest BCUT2D eigenvalue weighted by atomic mass is 32.1. The first-order valence-electron chi connectivity index (χ1n) is 4.89. The molecule has 1 unspecified atom stereocenters. The van der Waals surface area contributed by atoms with Gasteiger partial charge in [-0.1, -0.05) is 6.92 Å². The molecule has 3 nitrogen and oxygen atoms in total. The largest absolute Gasteiger partial charge is 0.383 e. The van der Waals surface area contributed by atoms with Crippen molar-refractivity contribution < 1.29 is 4.74 Å². The third-order valence-electron chi connectivity index (χ3n) is 2.16. The van der Waals surface area contributed by atoms with Gasteiger partial charge in [-0.3, -0.25) is 0 Å². The molecular weight excluding hydrogens is 196 g/mol. The van der Waals surface area contributed by atoms with Gasteiger partial charge in [-0.05, 0) is 13.5 Å². The number of ether oxygens (including phenoxy) is 1. The van der Waals surface area contributed by atoms with Crippen LogP contribution in [0.4, 0.5) is 0 Å². The molecular formula is C10H18N2OS. The average molecular weight is 214 g/mol. The zero-order valence-electron chi connectivity index (χ0n) is 9.04. The van der Waals surface area contributed by atoms with E-state index in [4.69, 9.17) is 4.74 Å². The molecule has 0 aliphatic carbocycles. The molecule has 0 radical (unpaired) electrons. The number of rotatable bonds is 6. The highest BCUT2D eigenvalue weighted by molar-refractivity contribution is 7.09. The Morgan fingerprint density at radius 2 is 2.43 bits per heavy atom. The number of thiazole rings is 1. The number of aryl methyl sites for hydroxylation is 1. The summed E-state index contributed by atoms with van der Waals surface area (Å²) in [5.74, 6) is 0. The first-order valence-corrected chi connectivity index (χ1v) is 5.77. The molecule has 0 spiro atoms. The predicted molar refractivity (Wildman–Crippen MR) is 59.9 cm³/mol. The van der Waals surface area contributed by atoms with E-state index < -0.39 is 0 Å². The Kier molecular flexibility index (Phi) is 5.07. The van der Waals surface area contributed by atoms with E-state index in [1.807, 2.05) is 7.05 Å². The van der Waals surface area contributed by atoms with Gasteiger partial charge in [0.15, 0.2) is 0 Å². The molecule has 1 N–H and O–H groups in total. The Morgan fingerprint density at radius 3 is 2.93 bits per heavy atom. The maximum absolute atomic E-state index is 5.11. The van der Waals surface area contributed by atoms with Gasteiger partial charge in [-0.2, -0.15) is 0 Å². The van der Waals surface area contributed by atoms with Crippen molar-refractivity contribution in [2.75, 3.05) is 20.8 Å². The second kappa shape index (κ2) is 6.11. The Hall–Kier alpha value is -0.450. The van der Waals surface area contributed by atoms with Crippen molar-refractivity contribution in [3.05, 3.63) is 16.1 Å². The third-order valence-corrected chi connectivity index (χ3v) is 3.08. The summed E-state index contributed by atoms with van der Waals surface area (Å²) < 4.78 is 5.11. The van der Waals surface area contributed by atoms with Crippen molar-refractivity contribution in [1.82, 2.24) is 10.3 Å². The highest BCUT2D eigenvalue weighted by Crippen LogP contribution is 2.12. The molecule has 4 heteroatoms. The van der Waals surface area contributed by atoms with Crippen molar-refractivity contribution in [3.8, 4) is 0 Å². The van der Waals surface area contributed by atoms with Crippen LogP contribution in [0.5, 0.6) is 0 Å². The number of hydrogen-bond donors (Lipinski definition) is 1. The summed E-state index contributed by atoms with van der Waals surface area (Å²) in [5, 5.41) is 6.55. The molecule has 80 valence electrons. The number of likely N-dealkylation sites (N-methyl/N-ethyl adjacent to an activating group) is 1. The van der Waals surface area contributed by atoms with Crippen molar-refractivity contribution >= 4 is 11.3 Å². The maximum Gasteiger partial charge on any atom is 0.0944 e. The Bertz CT molecular complexity index is 262. The SMILES string of the molecule is CCc1csc(CC(COC)NC)n1. The molecule has 0 amide bonds. The lowest BCUT2D eigenvalue weighted by molar-refractivity contribution is 0.169. The zero-order valence-corrected chi connectivity index (χ0v) is 9.86. The average Bonchev–Trinajstić information content (AvgIpc) is 2.65. The summed E-state index contributed by atoms with van der Waals surface area (Å²) >= 11 is 1.74. The minimum absolute atomic E-state index is 0.371. The first kappa shape index (κ1) is 11.6. The van der Waals surface area contributed by atoms with Crippen LogP contribution in [0.25, 0.3) is 0 Å². The number of aromatic nitrogens is 1. The van der Waals surface area contributed by atoms with E-state index in [0.717, 1.165) is 19.4 Å². The number of nitrogens with one attached hydrogen (secondary N) is 1. The maximum atomic E-state index is 5.11. The lowest BCUT2D eigenvalue weighted by atomic mass is 10.2. The summed E-state index contributed by atoms with van der Waals surface area (Å²) in [6.07, 6.45) is 1.97. The molecule has 14 heavy (non-hydrogen) atoms. The molecule has 0 aliphatic heterocycles. The van der Waals surface area contributed by atoms with E-state index in [2.05, 4.69) is 22.6 Å². The fourth-order valence-electron chi connectivity index (χ4n) is 1.26. The monoisotopic (exact) mass is 214 g/mol. The van der Waals surface area contributed by atoms with Gasteiger partial charge < -0.3 is 10.1 Å². The van der Waals surface area contributed by atoms with Gasteiger partial charge in [-0.15, -0.1) is 11.3 Å². The Balaban J connectivity index is 2.48. The van der Waals surface area contributed by atoms with Gasteiger partial charge in [-0.25, -0.2) is 4.98 Å². The van der Waals surface area contributed by atoms with Gasteiger partial charge in [0.2, 0.25) is 0 Å². The van der Waals surface area contributed by atoms with Gasteiger partial charge in [0, 0.05) is 25.0 Å². The van der Waals surface area contributed by atoms with Crippen LogP contribution in [0.3, 0.4) is 0 Å². The molecule has 0 bridgehead atoms. The van der Waals surface area contributed by atoms with Crippen LogP contribution in [-0.4, -0.2) is 31.8 Å². The molecule has 0 saturated carbocycles. The number of nitrogens with zero attached hydrogens (tertiary/aromatic N) is 1. The minimum Gasteiger partial charge on any atom is -0.383 e. The molecule has 0 fully saturated rings. The first-order chi connectivity index (χ1) is 6.80.